The maximum atomic E-state index is 9.95. The second kappa shape index (κ2) is 4.66. The quantitative estimate of drug-likeness (QED) is 0.770. The van der Waals surface area contributed by atoms with Gasteiger partial charge in [-0.05, 0) is 42.9 Å². The van der Waals surface area contributed by atoms with Crippen LogP contribution >= 0.6 is 0 Å². The van der Waals surface area contributed by atoms with Gasteiger partial charge in [0.2, 0.25) is 0 Å². The van der Waals surface area contributed by atoms with Gasteiger partial charge in [0, 0.05) is 12.6 Å². The van der Waals surface area contributed by atoms with Crippen molar-refractivity contribution < 1.29 is 5.11 Å². The van der Waals surface area contributed by atoms with Crippen molar-refractivity contribution >= 4 is 0 Å². The molecule has 16 heavy (non-hydrogen) atoms. The predicted molar refractivity (Wildman–Crippen MR) is 67.3 cm³/mol. The zero-order chi connectivity index (χ0) is 11.8. The van der Waals surface area contributed by atoms with E-state index >= 15 is 0 Å². The van der Waals surface area contributed by atoms with Crippen LogP contribution in [0.5, 0.6) is 0 Å². The van der Waals surface area contributed by atoms with E-state index in [0.29, 0.717) is 6.04 Å². The first-order valence-electron chi connectivity index (χ1n) is 6.85. The van der Waals surface area contributed by atoms with Gasteiger partial charge in [-0.2, -0.15) is 0 Å². The zero-order valence-electron chi connectivity index (χ0n) is 11.0. The fourth-order valence-electron chi connectivity index (χ4n) is 3.56. The summed E-state index contributed by atoms with van der Waals surface area (Å²) in [6, 6.07) is 0.702. The Morgan fingerprint density at radius 3 is 2.50 bits per heavy atom. The average molecular weight is 225 g/mol. The molecule has 0 aromatic rings. The van der Waals surface area contributed by atoms with Crippen LogP contribution in [0.3, 0.4) is 0 Å². The van der Waals surface area contributed by atoms with Gasteiger partial charge in [-0.15, -0.1) is 0 Å². The van der Waals surface area contributed by atoms with E-state index in [-0.39, 0.29) is 11.5 Å². The van der Waals surface area contributed by atoms with Gasteiger partial charge in [0.1, 0.15) is 0 Å². The highest BCUT2D eigenvalue weighted by Gasteiger charge is 2.39. The number of rotatable bonds is 4. The van der Waals surface area contributed by atoms with Gasteiger partial charge in [-0.25, -0.2) is 0 Å². The maximum Gasteiger partial charge on any atom is 0.0669 e. The normalized spacial score (nSPS) is 35.6. The van der Waals surface area contributed by atoms with Crippen molar-refractivity contribution in [1.82, 2.24) is 5.32 Å². The second-order valence-corrected chi connectivity index (χ2v) is 7.11. The number of fused-ring (bicyclic) bond motifs is 2. The van der Waals surface area contributed by atoms with Gasteiger partial charge >= 0.3 is 0 Å². The molecule has 2 saturated carbocycles. The summed E-state index contributed by atoms with van der Waals surface area (Å²) in [7, 11) is 0. The number of hydrogen-bond donors (Lipinski definition) is 2. The van der Waals surface area contributed by atoms with Gasteiger partial charge in [-0.3, -0.25) is 0 Å². The van der Waals surface area contributed by atoms with E-state index in [2.05, 4.69) is 26.1 Å². The van der Waals surface area contributed by atoms with Crippen LogP contribution < -0.4 is 5.32 Å². The minimum absolute atomic E-state index is 0.181. The van der Waals surface area contributed by atoms with E-state index in [1.807, 2.05) is 0 Å². The summed E-state index contributed by atoms with van der Waals surface area (Å²) in [6.45, 7) is 7.35. The van der Waals surface area contributed by atoms with Gasteiger partial charge < -0.3 is 10.4 Å². The van der Waals surface area contributed by atoms with Crippen molar-refractivity contribution in [3.05, 3.63) is 0 Å². The lowest BCUT2D eigenvalue weighted by molar-refractivity contribution is 0.113. The van der Waals surface area contributed by atoms with Crippen LogP contribution in [0.4, 0.5) is 0 Å². The summed E-state index contributed by atoms with van der Waals surface area (Å²) in [5.41, 5.74) is 0.232. The van der Waals surface area contributed by atoms with Crippen molar-refractivity contribution in [2.24, 2.45) is 17.3 Å². The number of nitrogens with one attached hydrogen (secondary N) is 1. The molecule has 2 bridgehead atoms. The summed E-state index contributed by atoms with van der Waals surface area (Å²) < 4.78 is 0. The van der Waals surface area contributed by atoms with Crippen LogP contribution in [0, 0.1) is 17.3 Å². The highest BCUT2D eigenvalue weighted by atomic mass is 16.3. The molecule has 2 heteroatoms. The van der Waals surface area contributed by atoms with Crippen LogP contribution in [0.2, 0.25) is 0 Å². The summed E-state index contributed by atoms with van der Waals surface area (Å²) in [5, 5.41) is 13.5. The molecule has 0 aromatic carbocycles. The fraction of sp³-hybridized carbons (Fsp3) is 1.00. The monoisotopic (exact) mass is 225 g/mol. The van der Waals surface area contributed by atoms with E-state index in [4.69, 9.17) is 0 Å². The molecule has 0 aromatic heterocycles. The molecule has 0 aliphatic heterocycles. The van der Waals surface area contributed by atoms with Gasteiger partial charge in [0.25, 0.3) is 0 Å². The lowest BCUT2D eigenvalue weighted by Gasteiger charge is -2.27. The molecule has 0 heterocycles. The van der Waals surface area contributed by atoms with E-state index in [1.54, 1.807) is 0 Å². The fourth-order valence-corrected chi connectivity index (χ4v) is 3.56. The van der Waals surface area contributed by atoms with Gasteiger partial charge in [0.05, 0.1) is 6.10 Å². The molecule has 2 fully saturated rings. The molecule has 2 rings (SSSR count). The third-order valence-corrected chi connectivity index (χ3v) is 4.20. The van der Waals surface area contributed by atoms with Crippen LogP contribution in [-0.4, -0.2) is 23.8 Å². The second-order valence-electron chi connectivity index (χ2n) is 7.11. The third kappa shape index (κ3) is 3.21. The minimum Gasteiger partial charge on any atom is -0.392 e. The number of hydrogen-bond acceptors (Lipinski definition) is 2. The van der Waals surface area contributed by atoms with Crippen molar-refractivity contribution in [1.29, 1.82) is 0 Å². The highest BCUT2D eigenvalue weighted by Crippen LogP contribution is 2.44. The average Bonchev–Trinajstić information content (AvgIpc) is 2.72. The Kier molecular flexibility index (Phi) is 3.60. The van der Waals surface area contributed by atoms with Crippen molar-refractivity contribution in [2.45, 2.75) is 65.0 Å². The van der Waals surface area contributed by atoms with E-state index in [0.717, 1.165) is 24.8 Å². The van der Waals surface area contributed by atoms with E-state index in [1.165, 1.54) is 25.7 Å². The maximum absolute atomic E-state index is 9.95. The van der Waals surface area contributed by atoms with E-state index < -0.39 is 0 Å². The van der Waals surface area contributed by atoms with Crippen LogP contribution in [0.25, 0.3) is 0 Å². The van der Waals surface area contributed by atoms with Crippen LogP contribution in [0.15, 0.2) is 0 Å². The standard InChI is InChI=1S/C14H27NO/c1-14(2,3)8-12(16)9-15-13-7-10-4-5-11(13)6-10/h10-13,15-16H,4-9H2,1-3H3. The largest absolute Gasteiger partial charge is 0.392 e. The van der Waals surface area contributed by atoms with E-state index in [9.17, 15) is 5.11 Å². The number of aliphatic hydroxyl groups excluding tert-OH is 1. The Hall–Kier alpha value is -0.0800. The van der Waals surface area contributed by atoms with Gasteiger partial charge in [-0.1, -0.05) is 27.2 Å². The molecule has 2 nitrogen and oxygen atoms in total. The lowest BCUT2D eigenvalue weighted by atomic mass is 9.89. The third-order valence-electron chi connectivity index (χ3n) is 4.20. The van der Waals surface area contributed by atoms with Gasteiger partial charge in [0.15, 0.2) is 0 Å². The molecule has 0 saturated heterocycles. The minimum atomic E-state index is -0.181. The van der Waals surface area contributed by atoms with Crippen LogP contribution in [-0.2, 0) is 0 Å². The molecule has 0 spiro atoms. The van der Waals surface area contributed by atoms with Crippen molar-refractivity contribution in [3.63, 3.8) is 0 Å². The molecule has 2 aliphatic carbocycles. The van der Waals surface area contributed by atoms with Crippen molar-refractivity contribution in [2.75, 3.05) is 6.54 Å². The zero-order valence-corrected chi connectivity index (χ0v) is 11.0. The topological polar surface area (TPSA) is 32.3 Å². The summed E-state index contributed by atoms with van der Waals surface area (Å²) in [5.74, 6) is 1.90. The molecule has 94 valence electrons. The first-order chi connectivity index (χ1) is 7.44. The lowest BCUT2D eigenvalue weighted by Crippen LogP contribution is -2.39. The first kappa shape index (κ1) is 12.4. The number of aliphatic hydroxyl groups is 1. The SMILES string of the molecule is CC(C)(C)CC(O)CNC1CC2CCC1C2. The Balaban J connectivity index is 1.68. The Bertz CT molecular complexity index is 233. The Labute approximate surface area is 99.8 Å². The molecule has 4 unspecified atom stereocenters. The highest BCUT2D eigenvalue weighted by molar-refractivity contribution is 4.94. The summed E-state index contributed by atoms with van der Waals surface area (Å²) in [6.07, 6.45) is 6.37. The predicted octanol–water partition coefficient (Wildman–Crippen LogP) is 2.56. The summed E-state index contributed by atoms with van der Waals surface area (Å²) in [4.78, 5) is 0. The first-order valence-corrected chi connectivity index (χ1v) is 6.85. The Morgan fingerprint density at radius 2 is 2.00 bits per heavy atom. The summed E-state index contributed by atoms with van der Waals surface area (Å²) >= 11 is 0. The molecule has 0 amide bonds. The van der Waals surface area contributed by atoms with Crippen LogP contribution in [0.1, 0.15) is 52.9 Å². The van der Waals surface area contributed by atoms with Crippen molar-refractivity contribution in [3.8, 4) is 0 Å². The molecule has 4 atom stereocenters. The smallest absolute Gasteiger partial charge is 0.0669 e. The molecule has 2 aliphatic rings. The Morgan fingerprint density at radius 1 is 1.25 bits per heavy atom. The molecule has 0 radical (unpaired) electrons. The molecular formula is C14H27NO. The molecular weight excluding hydrogens is 198 g/mol. The molecule has 2 N–H and O–H groups in total.